The van der Waals surface area contributed by atoms with Crippen LogP contribution in [-0.4, -0.2) is 37.7 Å². The summed E-state index contributed by atoms with van der Waals surface area (Å²) < 4.78 is 5.27. The van der Waals surface area contributed by atoms with E-state index >= 15 is 0 Å². The fraction of sp³-hybridized carbons (Fsp3) is 0.769. The first kappa shape index (κ1) is 16.1. The Bertz CT molecular complexity index is 244. The second-order valence-electron chi connectivity index (χ2n) is 5.29. The third-order valence-corrected chi connectivity index (χ3v) is 1.92. The van der Waals surface area contributed by atoms with Crippen LogP contribution in [0, 0.1) is 0 Å². The van der Waals surface area contributed by atoms with Gasteiger partial charge in [-0.15, -0.1) is 0 Å². The van der Waals surface area contributed by atoms with Gasteiger partial charge < -0.3 is 15.4 Å². The van der Waals surface area contributed by atoms with Gasteiger partial charge in [-0.3, -0.25) is 4.79 Å². The zero-order chi connectivity index (χ0) is 13.3. The number of hydrogen-bond donors (Lipinski definition) is 2. The van der Waals surface area contributed by atoms with E-state index in [1.807, 2.05) is 6.92 Å². The molecule has 0 spiro atoms. The summed E-state index contributed by atoms with van der Waals surface area (Å²) in [6, 6.07) is 0. The lowest BCUT2D eigenvalue weighted by atomic mass is 10.1. The van der Waals surface area contributed by atoms with Crippen molar-refractivity contribution in [2.24, 2.45) is 0 Å². The van der Waals surface area contributed by atoms with Crippen LogP contribution in [0.1, 0.15) is 34.1 Å². The molecule has 0 saturated heterocycles. The van der Waals surface area contributed by atoms with Gasteiger partial charge in [-0.05, 0) is 27.7 Å². The molecule has 0 aliphatic rings. The molecule has 0 atom stereocenters. The van der Waals surface area contributed by atoms with Crippen molar-refractivity contribution < 1.29 is 9.53 Å². The highest BCUT2D eigenvalue weighted by Crippen LogP contribution is 1.97. The average molecular weight is 242 g/mol. The Morgan fingerprint density at radius 3 is 2.47 bits per heavy atom. The predicted molar refractivity (Wildman–Crippen MR) is 71.0 cm³/mol. The van der Waals surface area contributed by atoms with Gasteiger partial charge in [0.15, 0.2) is 0 Å². The van der Waals surface area contributed by atoms with Crippen LogP contribution in [-0.2, 0) is 9.53 Å². The van der Waals surface area contributed by atoms with E-state index in [-0.39, 0.29) is 11.4 Å². The average Bonchev–Trinajstić information content (AvgIpc) is 2.14. The quantitative estimate of drug-likeness (QED) is 0.500. The summed E-state index contributed by atoms with van der Waals surface area (Å²) in [5.41, 5.74) is 1.05. The SMILES string of the molecule is C=C(C)COCCNC(=O)CCNC(C)(C)C. The van der Waals surface area contributed by atoms with E-state index in [1.165, 1.54) is 0 Å². The molecule has 100 valence electrons. The molecule has 17 heavy (non-hydrogen) atoms. The zero-order valence-corrected chi connectivity index (χ0v) is 11.6. The second kappa shape index (κ2) is 8.25. The van der Waals surface area contributed by atoms with Crippen molar-refractivity contribution in [3.05, 3.63) is 12.2 Å². The second-order valence-corrected chi connectivity index (χ2v) is 5.29. The summed E-state index contributed by atoms with van der Waals surface area (Å²) in [4.78, 5) is 11.4. The molecule has 1 amide bonds. The van der Waals surface area contributed by atoms with Crippen molar-refractivity contribution in [3.8, 4) is 0 Å². The van der Waals surface area contributed by atoms with Crippen molar-refractivity contribution in [3.63, 3.8) is 0 Å². The number of rotatable bonds is 8. The van der Waals surface area contributed by atoms with E-state index in [9.17, 15) is 4.79 Å². The highest BCUT2D eigenvalue weighted by atomic mass is 16.5. The largest absolute Gasteiger partial charge is 0.375 e. The molecule has 0 rings (SSSR count). The third kappa shape index (κ3) is 13.1. The van der Waals surface area contributed by atoms with Crippen LogP contribution in [0.25, 0.3) is 0 Å². The number of nitrogens with one attached hydrogen (secondary N) is 2. The first-order valence-corrected chi connectivity index (χ1v) is 6.05. The highest BCUT2D eigenvalue weighted by Gasteiger charge is 2.09. The Labute approximate surface area is 105 Å². The van der Waals surface area contributed by atoms with Gasteiger partial charge in [-0.1, -0.05) is 12.2 Å². The van der Waals surface area contributed by atoms with Crippen molar-refractivity contribution in [2.75, 3.05) is 26.3 Å². The normalized spacial score (nSPS) is 11.3. The lowest BCUT2D eigenvalue weighted by Crippen LogP contribution is -2.38. The van der Waals surface area contributed by atoms with E-state index in [0.29, 0.717) is 32.7 Å². The maximum Gasteiger partial charge on any atom is 0.221 e. The Hall–Kier alpha value is -0.870. The van der Waals surface area contributed by atoms with Crippen molar-refractivity contribution >= 4 is 5.91 Å². The summed E-state index contributed by atoms with van der Waals surface area (Å²) >= 11 is 0. The molecule has 0 radical (unpaired) electrons. The molecule has 0 aromatic carbocycles. The molecular formula is C13H26N2O2. The molecule has 0 aromatic rings. The first-order valence-electron chi connectivity index (χ1n) is 6.05. The monoisotopic (exact) mass is 242 g/mol. The fourth-order valence-corrected chi connectivity index (χ4v) is 1.15. The van der Waals surface area contributed by atoms with Gasteiger partial charge in [-0.2, -0.15) is 0 Å². The van der Waals surface area contributed by atoms with Crippen molar-refractivity contribution in [2.45, 2.75) is 39.7 Å². The maximum atomic E-state index is 11.4. The van der Waals surface area contributed by atoms with E-state index < -0.39 is 0 Å². The molecule has 0 bridgehead atoms. The lowest BCUT2D eigenvalue weighted by Gasteiger charge is -2.20. The van der Waals surface area contributed by atoms with Gasteiger partial charge >= 0.3 is 0 Å². The number of hydrogen-bond acceptors (Lipinski definition) is 3. The first-order chi connectivity index (χ1) is 7.81. The zero-order valence-electron chi connectivity index (χ0n) is 11.6. The molecule has 4 nitrogen and oxygen atoms in total. The Kier molecular flexibility index (Phi) is 7.83. The van der Waals surface area contributed by atoms with Gasteiger partial charge in [-0.25, -0.2) is 0 Å². The number of amides is 1. The molecule has 2 N–H and O–H groups in total. The van der Waals surface area contributed by atoms with Crippen LogP contribution in [0.2, 0.25) is 0 Å². The molecule has 0 unspecified atom stereocenters. The predicted octanol–water partition coefficient (Wildman–Crippen LogP) is 1.47. The van der Waals surface area contributed by atoms with E-state index in [4.69, 9.17) is 4.74 Å². The molecule has 0 aliphatic heterocycles. The Morgan fingerprint density at radius 2 is 1.94 bits per heavy atom. The summed E-state index contributed by atoms with van der Waals surface area (Å²) in [6.45, 7) is 14.2. The topological polar surface area (TPSA) is 50.4 Å². The van der Waals surface area contributed by atoms with Gasteiger partial charge in [0.05, 0.1) is 13.2 Å². The number of carbonyl (C=O) groups is 1. The minimum absolute atomic E-state index is 0.0562. The van der Waals surface area contributed by atoms with E-state index in [0.717, 1.165) is 5.57 Å². The fourth-order valence-electron chi connectivity index (χ4n) is 1.15. The summed E-state index contributed by atoms with van der Waals surface area (Å²) in [5, 5.41) is 6.07. The summed E-state index contributed by atoms with van der Waals surface area (Å²) in [5.74, 6) is 0.0562. The standard InChI is InChI=1S/C13H26N2O2/c1-11(2)10-17-9-8-14-12(16)6-7-15-13(3,4)5/h15H,1,6-10H2,2-5H3,(H,14,16). The minimum Gasteiger partial charge on any atom is -0.375 e. The van der Waals surface area contributed by atoms with Crippen molar-refractivity contribution in [1.29, 1.82) is 0 Å². The van der Waals surface area contributed by atoms with Crippen molar-refractivity contribution in [1.82, 2.24) is 10.6 Å². The lowest BCUT2D eigenvalue weighted by molar-refractivity contribution is -0.121. The summed E-state index contributed by atoms with van der Waals surface area (Å²) in [7, 11) is 0. The van der Waals surface area contributed by atoms with E-state index in [1.54, 1.807) is 0 Å². The minimum atomic E-state index is 0.0562. The molecule has 0 saturated carbocycles. The molecule has 0 heterocycles. The Balaban J connectivity index is 3.38. The molecule has 4 heteroatoms. The number of carbonyl (C=O) groups excluding carboxylic acids is 1. The molecule has 0 aliphatic carbocycles. The smallest absolute Gasteiger partial charge is 0.221 e. The summed E-state index contributed by atoms with van der Waals surface area (Å²) in [6.07, 6.45) is 0.498. The molecule has 0 aromatic heterocycles. The van der Waals surface area contributed by atoms with Crippen LogP contribution in [0.4, 0.5) is 0 Å². The maximum absolute atomic E-state index is 11.4. The van der Waals surface area contributed by atoms with Crippen LogP contribution in [0.15, 0.2) is 12.2 Å². The third-order valence-electron chi connectivity index (χ3n) is 1.92. The van der Waals surface area contributed by atoms with Gasteiger partial charge in [0.1, 0.15) is 0 Å². The molecule has 0 fully saturated rings. The number of ether oxygens (including phenoxy) is 1. The van der Waals surface area contributed by atoms with Crippen LogP contribution in [0.3, 0.4) is 0 Å². The van der Waals surface area contributed by atoms with Crippen LogP contribution in [0.5, 0.6) is 0 Å². The van der Waals surface area contributed by atoms with Gasteiger partial charge in [0, 0.05) is 25.0 Å². The highest BCUT2D eigenvalue weighted by molar-refractivity contribution is 5.76. The van der Waals surface area contributed by atoms with Gasteiger partial charge in [0.25, 0.3) is 0 Å². The van der Waals surface area contributed by atoms with Crippen LogP contribution < -0.4 is 10.6 Å². The molecular weight excluding hydrogens is 216 g/mol. The van der Waals surface area contributed by atoms with E-state index in [2.05, 4.69) is 38.0 Å². The van der Waals surface area contributed by atoms with Crippen LogP contribution >= 0.6 is 0 Å². The Morgan fingerprint density at radius 1 is 1.29 bits per heavy atom. The van der Waals surface area contributed by atoms with Gasteiger partial charge in [0.2, 0.25) is 5.91 Å².